The molecule has 0 fully saturated rings. The van der Waals surface area contributed by atoms with Crippen LogP contribution in [0.5, 0.6) is 0 Å². The minimum absolute atomic E-state index is 0.181. The number of furan rings is 1. The maximum absolute atomic E-state index is 13.0. The van der Waals surface area contributed by atoms with E-state index in [-0.39, 0.29) is 30.3 Å². The molecule has 4 N–H and O–H groups in total. The lowest BCUT2D eigenvalue weighted by molar-refractivity contribution is -0.127. The molecule has 1 unspecified atom stereocenters. The first-order chi connectivity index (χ1) is 15.9. The minimum Gasteiger partial charge on any atom is -0.467 e. The quantitative estimate of drug-likeness (QED) is 0.387. The Balaban J connectivity index is 1.59. The molecule has 0 saturated carbocycles. The molecule has 0 aliphatic heterocycles. The molecule has 0 spiro atoms. The average Bonchev–Trinajstić information content (AvgIpc) is 3.31. The molecule has 33 heavy (non-hydrogen) atoms. The largest absolute Gasteiger partial charge is 0.467 e. The summed E-state index contributed by atoms with van der Waals surface area (Å²) in [5.74, 6) is 0.293. The van der Waals surface area contributed by atoms with Crippen LogP contribution >= 0.6 is 0 Å². The van der Waals surface area contributed by atoms with Gasteiger partial charge in [-0.2, -0.15) is 0 Å². The molecule has 0 bridgehead atoms. The summed E-state index contributed by atoms with van der Waals surface area (Å²) >= 11 is 0. The van der Waals surface area contributed by atoms with E-state index in [0.29, 0.717) is 29.1 Å². The predicted molar refractivity (Wildman–Crippen MR) is 126 cm³/mol. The summed E-state index contributed by atoms with van der Waals surface area (Å²) < 4.78 is 5.17. The summed E-state index contributed by atoms with van der Waals surface area (Å²) in [5, 5.41) is 11.1. The Morgan fingerprint density at radius 3 is 2.12 bits per heavy atom. The van der Waals surface area contributed by atoms with Gasteiger partial charge in [-0.3, -0.25) is 9.59 Å². The van der Waals surface area contributed by atoms with Crippen molar-refractivity contribution < 1.29 is 18.8 Å². The van der Waals surface area contributed by atoms with Crippen LogP contribution in [-0.4, -0.2) is 17.8 Å². The molecular weight excluding hydrogens is 420 g/mol. The van der Waals surface area contributed by atoms with Gasteiger partial charge in [0.1, 0.15) is 11.8 Å². The molecule has 0 aliphatic carbocycles. The highest BCUT2D eigenvalue weighted by molar-refractivity contribution is 5.98. The Bertz CT molecular complexity index is 1050. The highest BCUT2D eigenvalue weighted by Crippen LogP contribution is 2.19. The molecular formula is C25H28N4O4. The van der Waals surface area contributed by atoms with Crippen molar-refractivity contribution in [3.63, 3.8) is 0 Å². The number of benzene rings is 2. The number of rotatable bonds is 9. The molecule has 172 valence electrons. The van der Waals surface area contributed by atoms with E-state index in [1.54, 1.807) is 54.8 Å². The Kier molecular flexibility index (Phi) is 8.24. The first-order valence-electron chi connectivity index (χ1n) is 10.7. The van der Waals surface area contributed by atoms with Gasteiger partial charge in [0.25, 0.3) is 5.91 Å². The molecule has 0 aliphatic rings. The molecule has 2 aromatic carbocycles. The Hall–Kier alpha value is -4.07. The van der Waals surface area contributed by atoms with Crippen molar-refractivity contribution in [3.8, 4) is 0 Å². The van der Waals surface area contributed by atoms with Gasteiger partial charge in [-0.05, 0) is 47.9 Å². The SMILES string of the molecule is CC(C)CC(=O)NC(C(=O)Nc1ccc(NC(=O)NCc2ccco2)cc1)c1ccccc1. The number of hydrogen-bond donors (Lipinski definition) is 4. The number of amides is 4. The molecule has 1 heterocycles. The highest BCUT2D eigenvalue weighted by Gasteiger charge is 2.23. The molecule has 0 radical (unpaired) electrons. The molecule has 1 atom stereocenters. The van der Waals surface area contributed by atoms with Crippen LogP contribution in [0.3, 0.4) is 0 Å². The van der Waals surface area contributed by atoms with E-state index < -0.39 is 6.04 Å². The van der Waals surface area contributed by atoms with Crippen molar-refractivity contribution in [1.82, 2.24) is 10.6 Å². The number of nitrogens with one attached hydrogen (secondary N) is 4. The molecule has 1 aromatic heterocycles. The third kappa shape index (κ3) is 7.53. The number of carbonyl (C=O) groups excluding carboxylic acids is 3. The fraction of sp³-hybridized carbons (Fsp3) is 0.240. The van der Waals surface area contributed by atoms with E-state index >= 15 is 0 Å². The van der Waals surface area contributed by atoms with E-state index in [1.165, 1.54) is 0 Å². The van der Waals surface area contributed by atoms with Gasteiger partial charge in [-0.15, -0.1) is 0 Å². The second-order valence-corrected chi connectivity index (χ2v) is 7.96. The number of urea groups is 1. The van der Waals surface area contributed by atoms with Crippen LogP contribution in [0.1, 0.15) is 37.6 Å². The van der Waals surface area contributed by atoms with Gasteiger partial charge in [0.15, 0.2) is 0 Å². The predicted octanol–water partition coefficient (Wildman–Crippen LogP) is 4.44. The van der Waals surface area contributed by atoms with Crippen LogP contribution < -0.4 is 21.3 Å². The molecule has 3 aromatic rings. The number of carbonyl (C=O) groups is 3. The second-order valence-electron chi connectivity index (χ2n) is 7.96. The fourth-order valence-corrected chi connectivity index (χ4v) is 3.14. The van der Waals surface area contributed by atoms with Gasteiger partial charge in [0, 0.05) is 17.8 Å². The lowest BCUT2D eigenvalue weighted by atomic mass is 10.0. The van der Waals surface area contributed by atoms with Gasteiger partial charge in [-0.25, -0.2) is 4.79 Å². The fourth-order valence-electron chi connectivity index (χ4n) is 3.14. The molecule has 8 nitrogen and oxygen atoms in total. The van der Waals surface area contributed by atoms with Crippen molar-refractivity contribution in [2.45, 2.75) is 32.9 Å². The zero-order valence-electron chi connectivity index (χ0n) is 18.6. The van der Waals surface area contributed by atoms with E-state index in [2.05, 4.69) is 21.3 Å². The first-order valence-corrected chi connectivity index (χ1v) is 10.7. The maximum Gasteiger partial charge on any atom is 0.319 e. The summed E-state index contributed by atoms with van der Waals surface area (Å²) in [6, 6.07) is 18.1. The van der Waals surface area contributed by atoms with Crippen LogP contribution in [0.2, 0.25) is 0 Å². The van der Waals surface area contributed by atoms with Crippen molar-refractivity contribution in [2.75, 3.05) is 10.6 Å². The van der Waals surface area contributed by atoms with Gasteiger partial charge in [-0.1, -0.05) is 44.2 Å². The van der Waals surface area contributed by atoms with Crippen molar-refractivity contribution >= 4 is 29.2 Å². The van der Waals surface area contributed by atoms with Crippen LogP contribution in [-0.2, 0) is 16.1 Å². The highest BCUT2D eigenvalue weighted by atomic mass is 16.3. The minimum atomic E-state index is -0.817. The smallest absolute Gasteiger partial charge is 0.319 e. The standard InChI is InChI=1S/C25H28N4O4/c1-17(2)15-22(30)29-23(18-7-4-3-5-8-18)24(31)27-19-10-12-20(13-11-19)28-25(32)26-16-21-9-6-14-33-21/h3-14,17,23H,15-16H2,1-2H3,(H,27,31)(H,29,30)(H2,26,28,32). The van der Waals surface area contributed by atoms with E-state index in [1.807, 2.05) is 32.0 Å². The van der Waals surface area contributed by atoms with E-state index in [4.69, 9.17) is 4.42 Å². The van der Waals surface area contributed by atoms with E-state index in [9.17, 15) is 14.4 Å². The first kappa shape index (κ1) is 23.6. The number of hydrogen-bond acceptors (Lipinski definition) is 4. The zero-order chi connectivity index (χ0) is 23.6. The molecule has 3 rings (SSSR count). The monoisotopic (exact) mass is 448 g/mol. The topological polar surface area (TPSA) is 112 Å². The normalized spacial score (nSPS) is 11.5. The third-order valence-corrected chi connectivity index (χ3v) is 4.71. The number of anilines is 2. The lowest BCUT2D eigenvalue weighted by Crippen LogP contribution is -2.37. The summed E-state index contributed by atoms with van der Waals surface area (Å²) in [4.78, 5) is 37.3. The van der Waals surface area contributed by atoms with Gasteiger partial charge < -0.3 is 25.7 Å². The van der Waals surface area contributed by atoms with Gasteiger partial charge >= 0.3 is 6.03 Å². The maximum atomic E-state index is 13.0. The average molecular weight is 449 g/mol. The molecule has 8 heteroatoms. The lowest BCUT2D eigenvalue weighted by Gasteiger charge is -2.19. The molecule has 4 amide bonds. The van der Waals surface area contributed by atoms with Gasteiger partial charge in [0.05, 0.1) is 12.8 Å². The van der Waals surface area contributed by atoms with Crippen molar-refractivity contribution in [3.05, 3.63) is 84.3 Å². The van der Waals surface area contributed by atoms with E-state index in [0.717, 1.165) is 0 Å². The van der Waals surface area contributed by atoms with Gasteiger partial charge in [0.2, 0.25) is 5.91 Å². The second kappa shape index (κ2) is 11.5. The van der Waals surface area contributed by atoms with Crippen molar-refractivity contribution in [1.29, 1.82) is 0 Å². The van der Waals surface area contributed by atoms with Crippen LogP contribution in [0.4, 0.5) is 16.2 Å². The van der Waals surface area contributed by atoms with Crippen LogP contribution in [0.25, 0.3) is 0 Å². The molecule has 0 saturated heterocycles. The van der Waals surface area contributed by atoms with Crippen LogP contribution in [0.15, 0.2) is 77.4 Å². The van der Waals surface area contributed by atoms with Crippen LogP contribution in [0, 0.1) is 5.92 Å². The van der Waals surface area contributed by atoms with Crippen molar-refractivity contribution in [2.24, 2.45) is 5.92 Å². The summed E-state index contributed by atoms with van der Waals surface area (Å²) in [5.41, 5.74) is 1.80. The Labute approximate surface area is 192 Å². The summed E-state index contributed by atoms with van der Waals surface area (Å²) in [6.45, 7) is 4.17. The summed E-state index contributed by atoms with van der Waals surface area (Å²) in [6.07, 6.45) is 1.87. The Morgan fingerprint density at radius 1 is 0.848 bits per heavy atom. The third-order valence-electron chi connectivity index (χ3n) is 4.71. The summed E-state index contributed by atoms with van der Waals surface area (Å²) in [7, 11) is 0. The Morgan fingerprint density at radius 2 is 1.52 bits per heavy atom. The zero-order valence-corrected chi connectivity index (χ0v) is 18.6.